The van der Waals surface area contributed by atoms with Crippen LogP contribution in [0.3, 0.4) is 0 Å². The van der Waals surface area contributed by atoms with Gasteiger partial charge in [0.15, 0.2) is 0 Å². The lowest BCUT2D eigenvalue weighted by Crippen LogP contribution is -2.27. The number of nitrogens with two attached hydrogens (primary N) is 1. The van der Waals surface area contributed by atoms with E-state index < -0.39 is 0 Å². The molecule has 1 atom stereocenters. The lowest BCUT2D eigenvalue weighted by molar-refractivity contribution is -0.140. The molecule has 92 valence electrons. The van der Waals surface area contributed by atoms with Gasteiger partial charge in [-0.2, -0.15) is 0 Å². The highest BCUT2D eigenvalue weighted by molar-refractivity contribution is 5.76. The molecule has 5 heteroatoms. The number of esters is 1. The van der Waals surface area contributed by atoms with Crippen LogP contribution in [-0.4, -0.2) is 31.6 Å². The molecule has 0 aromatic carbocycles. The summed E-state index contributed by atoms with van der Waals surface area (Å²) in [6.45, 7) is 4.02. The van der Waals surface area contributed by atoms with E-state index in [0.29, 0.717) is 32.2 Å². The van der Waals surface area contributed by atoms with Gasteiger partial charge in [-0.05, 0) is 12.8 Å². The van der Waals surface area contributed by atoms with E-state index in [2.05, 4.69) is 16.6 Å². The number of methoxy groups -OCH3 is 1. The molecule has 1 unspecified atom stereocenters. The quantitative estimate of drug-likeness (QED) is 0.357. The first-order valence-corrected chi connectivity index (χ1v) is 5.31. The molecule has 0 aliphatic carbocycles. The minimum Gasteiger partial charge on any atom is -0.469 e. The number of hydrogen-bond acceptors (Lipinski definition) is 4. The molecule has 0 fully saturated rings. The van der Waals surface area contributed by atoms with Crippen LogP contribution in [0.2, 0.25) is 0 Å². The molecular formula is C11H20N2O3. The molecule has 0 radical (unpaired) electrons. The van der Waals surface area contributed by atoms with Crippen LogP contribution >= 0.6 is 0 Å². The third-order valence-corrected chi connectivity index (χ3v) is 2.11. The van der Waals surface area contributed by atoms with Crippen molar-refractivity contribution >= 4 is 11.9 Å². The van der Waals surface area contributed by atoms with Gasteiger partial charge in [0.05, 0.1) is 7.11 Å². The number of hydrogen-bond donors (Lipinski definition) is 2. The molecule has 0 aliphatic rings. The molecule has 0 rings (SSSR count). The highest BCUT2D eigenvalue weighted by Gasteiger charge is 2.04. The zero-order valence-corrected chi connectivity index (χ0v) is 9.70. The van der Waals surface area contributed by atoms with E-state index in [4.69, 9.17) is 5.73 Å². The fourth-order valence-corrected chi connectivity index (χ4v) is 1.07. The van der Waals surface area contributed by atoms with Crippen molar-refractivity contribution in [1.29, 1.82) is 0 Å². The standard InChI is InChI=1S/C11H20N2O3/c1-3-9(12)6-7-10(14)13-8-4-5-11(15)16-2/h3,9H,1,4-8,12H2,2H3,(H,13,14). The number of rotatable bonds is 8. The second-order valence-electron chi connectivity index (χ2n) is 3.47. The van der Waals surface area contributed by atoms with E-state index in [1.807, 2.05) is 0 Å². The van der Waals surface area contributed by atoms with Gasteiger partial charge >= 0.3 is 5.97 Å². The maximum Gasteiger partial charge on any atom is 0.305 e. The summed E-state index contributed by atoms with van der Waals surface area (Å²) >= 11 is 0. The first-order chi connectivity index (χ1) is 7.60. The fraction of sp³-hybridized carbons (Fsp3) is 0.636. The van der Waals surface area contributed by atoms with Crippen molar-refractivity contribution in [3.05, 3.63) is 12.7 Å². The van der Waals surface area contributed by atoms with Crippen molar-refractivity contribution in [2.24, 2.45) is 5.73 Å². The largest absolute Gasteiger partial charge is 0.469 e. The highest BCUT2D eigenvalue weighted by atomic mass is 16.5. The molecule has 0 spiro atoms. The van der Waals surface area contributed by atoms with Crippen LogP contribution in [0.15, 0.2) is 12.7 Å². The summed E-state index contributed by atoms with van der Waals surface area (Å²) in [6.07, 6.45) is 3.50. The Kier molecular flexibility index (Phi) is 8.15. The van der Waals surface area contributed by atoms with Gasteiger partial charge in [-0.3, -0.25) is 9.59 Å². The molecule has 3 N–H and O–H groups in total. The average molecular weight is 228 g/mol. The lowest BCUT2D eigenvalue weighted by Gasteiger charge is -2.06. The second-order valence-corrected chi connectivity index (χ2v) is 3.47. The number of nitrogens with one attached hydrogen (secondary N) is 1. The topological polar surface area (TPSA) is 81.4 Å². The summed E-state index contributed by atoms with van der Waals surface area (Å²) in [7, 11) is 1.34. The molecular weight excluding hydrogens is 208 g/mol. The molecule has 16 heavy (non-hydrogen) atoms. The van der Waals surface area contributed by atoms with Crippen LogP contribution < -0.4 is 11.1 Å². The van der Waals surface area contributed by atoms with Crippen molar-refractivity contribution in [3.8, 4) is 0 Å². The zero-order chi connectivity index (χ0) is 12.4. The third-order valence-electron chi connectivity index (χ3n) is 2.11. The van der Waals surface area contributed by atoms with Gasteiger partial charge in [0.1, 0.15) is 0 Å². The number of ether oxygens (including phenoxy) is 1. The van der Waals surface area contributed by atoms with Gasteiger partial charge in [-0.15, -0.1) is 6.58 Å². The molecule has 0 bridgehead atoms. The van der Waals surface area contributed by atoms with Crippen LogP contribution in [0.1, 0.15) is 25.7 Å². The molecule has 0 saturated carbocycles. The van der Waals surface area contributed by atoms with E-state index in [1.54, 1.807) is 6.08 Å². The maximum absolute atomic E-state index is 11.3. The van der Waals surface area contributed by atoms with E-state index in [0.717, 1.165) is 0 Å². The van der Waals surface area contributed by atoms with Gasteiger partial charge in [0.25, 0.3) is 0 Å². The van der Waals surface area contributed by atoms with Crippen molar-refractivity contribution in [2.75, 3.05) is 13.7 Å². The first kappa shape index (κ1) is 14.6. The summed E-state index contributed by atoms with van der Waals surface area (Å²) in [5.74, 6) is -0.315. The van der Waals surface area contributed by atoms with Crippen molar-refractivity contribution in [2.45, 2.75) is 31.7 Å². The summed E-state index contributed by atoms with van der Waals surface area (Å²) in [5.41, 5.74) is 5.57. The highest BCUT2D eigenvalue weighted by Crippen LogP contribution is 1.95. The van der Waals surface area contributed by atoms with Crippen LogP contribution in [-0.2, 0) is 14.3 Å². The van der Waals surface area contributed by atoms with Crippen LogP contribution in [0.4, 0.5) is 0 Å². The lowest BCUT2D eigenvalue weighted by atomic mass is 10.1. The van der Waals surface area contributed by atoms with Gasteiger partial charge in [0.2, 0.25) is 5.91 Å². The van der Waals surface area contributed by atoms with Crippen LogP contribution in [0, 0.1) is 0 Å². The molecule has 0 aliphatic heterocycles. The molecule has 0 saturated heterocycles. The Morgan fingerprint density at radius 1 is 1.50 bits per heavy atom. The molecule has 5 nitrogen and oxygen atoms in total. The Labute approximate surface area is 96.0 Å². The smallest absolute Gasteiger partial charge is 0.305 e. The SMILES string of the molecule is C=CC(N)CCC(=O)NCCCC(=O)OC. The van der Waals surface area contributed by atoms with Crippen molar-refractivity contribution < 1.29 is 14.3 Å². The first-order valence-electron chi connectivity index (χ1n) is 5.31. The minimum absolute atomic E-state index is 0.0536. The molecule has 0 aromatic rings. The zero-order valence-electron chi connectivity index (χ0n) is 9.70. The van der Waals surface area contributed by atoms with Crippen LogP contribution in [0.25, 0.3) is 0 Å². The predicted octanol–water partition coefficient (Wildman–Crippen LogP) is 0.349. The van der Waals surface area contributed by atoms with E-state index in [-0.39, 0.29) is 17.9 Å². The van der Waals surface area contributed by atoms with Crippen molar-refractivity contribution in [3.63, 3.8) is 0 Å². The Morgan fingerprint density at radius 2 is 2.19 bits per heavy atom. The van der Waals surface area contributed by atoms with Gasteiger partial charge in [-0.25, -0.2) is 0 Å². The van der Waals surface area contributed by atoms with Gasteiger partial charge in [-0.1, -0.05) is 6.08 Å². The molecule has 0 heterocycles. The molecule has 0 aromatic heterocycles. The third kappa shape index (κ3) is 7.99. The van der Waals surface area contributed by atoms with E-state index in [1.165, 1.54) is 7.11 Å². The monoisotopic (exact) mass is 228 g/mol. The fourth-order valence-electron chi connectivity index (χ4n) is 1.07. The summed E-state index contributed by atoms with van der Waals surface area (Å²) < 4.78 is 4.47. The Morgan fingerprint density at radius 3 is 2.75 bits per heavy atom. The molecule has 1 amide bonds. The van der Waals surface area contributed by atoms with Gasteiger partial charge < -0.3 is 15.8 Å². The second kappa shape index (κ2) is 8.91. The average Bonchev–Trinajstić information content (AvgIpc) is 2.31. The Balaban J connectivity index is 3.44. The Bertz CT molecular complexity index is 241. The maximum atomic E-state index is 11.3. The normalized spacial score (nSPS) is 11.6. The van der Waals surface area contributed by atoms with Gasteiger partial charge in [0, 0.05) is 25.4 Å². The Hall–Kier alpha value is -1.36. The number of amides is 1. The number of carbonyl (C=O) groups is 2. The number of carbonyl (C=O) groups excluding carboxylic acids is 2. The summed E-state index contributed by atoms with van der Waals surface area (Å²) in [4.78, 5) is 22.0. The minimum atomic E-state index is -0.261. The van der Waals surface area contributed by atoms with Crippen molar-refractivity contribution in [1.82, 2.24) is 5.32 Å². The van der Waals surface area contributed by atoms with Crippen LogP contribution in [0.5, 0.6) is 0 Å². The summed E-state index contributed by atoms with van der Waals surface area (Å²) in [5, 5.41) is 2.70. The predicted molar refractivity (Wildman–Crippen MR) is 61.7 cm³/mol. The van der Waals surface area contributed by atoms with E-state index >= 15 is 0 Å². The summed E-state index contributed by atoms with van der Waals surface area (Å²) in [6, 6.07) is -0.138. The van der Waals surface area contributed by atoms with E-state index in [9.17, 15) is 9.59 Å².